The third kappa shape index (κ3) is 2.92. The zero-order chi connectivity index (χ0) is 18.4. The lowest BCUT2D eigenvalue weighted by atomic mass is 10.1. The van der Waals surface area contributed by atoms with Crippen molar-refractivity contribution in [2.24, 2.45) is 15.8 Å². The molecule has 0 bridgehead atoms. The average molecular weight is 513 g/mol. The molecule has 2 aromatic heterocycles. The molecule has 0 N–H and O–H groups in total. The number of halogens is 2. The van der Waals surface area contributed by atoms with Gasteiger partial charge in [0.15, 0.2) is 0 Å². The van der Waals surface area contributed by atoms with Gasteiger partial charge in [0.2, 0.25) is 0 Å². The maximum atomic E-state index is 4.25. The molecule has 7 nitrogen and oxygen atoms in total. The highest BCUT2D eigenvalue weighted by Crippen LogP contribution is 2.45. The van der Waals surface area contributed by atoms with Crippen LogP contribution in [-0.2, 0) is 18.4 Å². The highest BCUT2D eigenvalue weighted by atomic mass is 79.9. The Hall–Kier alpha value is -1.56. The Morgan fingerprint density at radius 3 is 2.35 bits per heavy atom. The average Bonchev–Trinajstić information content (AvgIpc) is 3.35. The smallest absolute Gasteiger partial charge is 0.127 e. The van der Waals surface area contributed by atoms with Gasteiger partial charge in [0.1, 0.15) is 33.4 Å². The van der Waals surface area contributed by atoms with Crippen molar-refractivity contribution in [1.29, 1.82) is 0 Å². The Morgan fingerprint density at radius 2 is 1.58 bits per heavy atom. The van der Waals surface area contributed by atoms with Gasteiger partial charge in [-0.25, -0.2) is 0 Å². The molecule has 11 heteroatoms. The molecule has 0 fully saturated rings. The van der Waals surface area contributed by atoms with Crippen LogP contribution in [0.2, 0.25) is 0 Å². The molecule has 1 aliphatic heterocycles. The predicted octanol–water partition coefficient (Wildman–Crippen LogP) is 5.53. The second kappa shape index (κ2) is 6.87. The van der Waals surface area contributed by atoms with E-state index in [0.29, 0.717) is 0 Å². The summed E-state index contributed by atoms with van der Waals surface area (Å²) >= 11 is 9.34. The minimum absolute atomic E-state index is 0.882. The molecular weight excluding hydrogens is 502 g/mol. The van der Waals surface area contributed by atoms with Crippen LogP contribution in [0.1, 0.15) is 11.1 Å². The van der Waals surface area contributed by atoms with Gasteiger partial charge >= 0.3 is 0 Å². The molecule has 3 heterocycles. The van der Waals surface area contributed by atoms with Crippen LogP contribution in [0.15, 0.2) is 29.8 Å². The van der Waals surface area contributed by atoms with Gasteiger partial charge in [0.25, 0.3) is 0 Å². The standard InChI is InChI=1S/C8H8BrN3.C7H3BrN4S2/c1-5-3-4-6(9)8-7(5)10-12(2)11-8;1-2-4-6(11-13-9-4)3(8)7-5(2)10-14-12-7/h3-4H,1-2H3;1H3. The fourth-order valence-corrected chi connectivity index (χ4v) is 4.97. The van der Waals surface area contributed by atoms with E-state index in [4.69, 9.17) is 0 Å². The second-order valence-electron chi connectivity index (χ2n) is 5.61. The monoisotopic (exact) mass is 511 g/mol. The predicted molar refractivity (Wildman–Crippen MR) is 112 cm³/mol. The van der Waals surface area contributed by atoms with Gasteiger partial charge < -0.3 is 0 Å². The molecule has 132 valence electrons. The molecule has 5 rings (SSSR count). The van der Waals surface area contributed by atoms with Gasteiger partial charge in [0, 0.05) is 17.1 Å². The molecule has 0 atom stereocenters. The summed E-state index contributed by atoms with van der Waals surface area (Å²) in [5, 5.41) is 8.48. The van der Waals surface area contributed by atoms with Gasteiger partial charge in [-0.05, 0) is 57.3 Å². The molecule has 4 aromatic rings. The summed E-state index contributed by atoms with van der Waals surface area (Å²) in [5.41, 5.74) is 7.70. The molecular formula is C15H11Br2N7S2. The van der Waals surface area contributed by atoms with Crippen molar-refractivity contribution >= 4 is 88.4 Å². The van der Waals surface area contributed by atoms with Crippen LogP contribution in [-0.4, -0.2) is 23.7 Å². The molecule has 1 aliphatic rings. The fourth-order valence-electron chi connectivity index (χ4n) is 2.57. The van der Waals surface area contributed by atoms with Crippen LogP contribution in [0.5, 0.6) is 0 Å². The SMILES string of the molecule is Cc1c2c(c(Br)c3nsnc13)N=S=N2.Cc1ccc(Br)c2nn(C)nc12. The Labute approximate surface area is 173 Å². The van der Waals surface area contributed by atoms with Gasteiger partial charge in [-0.2, -0.15) is 32.5 Å². The summed E-state index contributed by atoms with van der Waals surface area (Å²) in [6.07, 6.45) is 0. The number of hydrogen-bond acceptors (Lipinski definition) is 7. The number of hydrogen-bond donors (Lipinski definition) is 0. The van der Waals surface area contributed by atoms with E-state index in [9.17, 15) is 0 Å². The fraction of sp³-hybridized carbons (Fsp3) is 0.200. The Balaban J connectivity index is 0.000000131. The summed E-state index contributed by atoms with van der Waals surface area (Å²) in [6.45, 7) is 4.03. The van der Waals surface area contributed by atoms with E-state index in [-0.39, 0.29) is 0 Å². The second-order valence-corrected chi connectivity index (χ2v) is 8.32. The van der Waals surface area contributed by atoms with Crippen molar-refractivity contribution in [2.45, 2.75) is 13.8 Å². The first kappa shape index (κ1) is 17.8. The van der Waals surface area contributed by atoms with Gasteiger partial charge in [-0.1, -0.05) is 6.07 Å². The maximum Gasteiger partial charge on any atom is 0.127 e. The normalized spacial score (nSPS) is 12.2. The minimum atomic E-state index is 0.882. The zero-order valence-corrected chi connectivity index (χ0v) is 18.7. The molecule has 0 aliphatic carbocycles. The van der Waals surface area contributed by atoms with Crippen LogP contribution < -0.4 is 0 Å². The van der Waals surface area contributed by atoms with E-state index in [1.807, 2.05) is 33.0 Å². The van der Waals surface area contributed by atoms with E-state index < -0.39 is 0 Å². The van der Waals surface area contributed by atoms with Crippen molar-refractivity contribution in [2.75, 3.05) is 0 Å². The number of nitrogens with zero attached hydrogens (tertiary/aromatic N) is 7. The summed E-state index contributed by atoms with van der Waals surface area (Å²) in [4.78, 5) is 1.59. The number of aromatic nitrogens is 5. The zero-order valence-electron chi connectivity index (χ0n) is 13.9. The van der Waals surface area contributed by atoms with Crippen molar-refractivity contribution in [3.05, 3.63) is 32.2 Å². The lowest BCUT2D eigenvalue weighted by molar-refractivity contribution is 0.664. The lowest BCUT2D eigenvalue weighted by Crippen LogP contribution is -1.90. The first-order valence-corrected chi connectivity index (χ1v) is 10.5. The van der Waals surface area contributed by atoms with Crippen LogP contribution in [0.3, 0.4) is 0 Å². The maximum absolute atomic E-state index is 4.25. The Morgan fingerprint density at radius 1 is 0.885 bits per heavy atom. The summed E-state index contributed by atoms with van der Waals surface area (Å²) in [7, 11) is 1.83. The largest absolute Gasteiger partial charge is 0.187 e. The third-order valence-corrected chi connectivity index (χ3v) is 6.34. The third-order valence-electron chi connectivity index (χ3n) is 3.90. The van der Waals surface area contributed by atoms with Crippen molar-refractivity contribution in [3.8, 4) is 0 Å². The quantitative estimate of drug-likeness (QED) is 0.273. The molecule has 0 unspecified atom stereocenters. The van der Waals surface area contributed by atoms with E-state index in [1.165, 1.54) is 23.1 Å². The first-order chi connectivity index (χ1) is 12.5. The highest BCUT2D eigenvalue weighted by Gasteiger charge is 2.19. The van der Waals surface area contributed by atoms with Gasteiger partial charge in [-0.3, -0.25) is 0 Å². The highest BCUT2D eigenvalue weighted by molar-refractivity contribution is 9.11. The van der Waals surface area contributed by atoms with E-state index >= 15 is 0 Å². The number of benzene rings is 2. The number of fused-ring (bicyclic) bond motifs is 3. The van der Waals surface area contributed by atoms with Crippen LogP contribution in [0.4, 0.5) is 11.4 Å². The van der Waals surface area contributed by atoms with Crippen molar-refractivity contribution < 1.29 is 0 Å². The van der Waals surface area contributed by atoms with Crippen molar-refractivity contribution in [1.82, 2.24) is 23.7 Å². The van der Waals surface area contributed by atoms with E-state index in [0.717, 1.165) is 53.5 Å². The van der Waals surface area contributed by atoms with Crippen molar-refractivity contribution in [3.63, 3.8) is 0 Å². The molecule has 0 amide bonds. The molecule has 2 aromatic carbocycles. The van der Waals surface area contributed by atoms with Crippen LogP contribution in [0, 0.1) is 13.8 Å². The minimum Gasteiger partial charge on any atom is -0.187 e. The number of rotatable bonds is 0. The topological polar surface area (TPSA) is 81.2 Å². The molecule has 0 saturated heterocycles. The number of aryl methyl sites for hydroxylation is 3. The summed E-state index contributed by atoms with van der Waals surface area (Å²) in [5.74, 6) is 0. The molecule has 26 heavy (non-hydrogen) atoms. The molecule has 0 saturated carbocycles. The molecule has 0 radical (unpaired) electrons. The van der Waals surface area contributed by atoms with Gasteiger partial charge in [-0.15, -0.1) is 0 Å². The Bertz CT molecular complexity index is 1150. The van der Waals surface area contributed by atoms with E-state index in [2.05, 4.69) is 59.5 Å². The lowest BCUT2D eigenvalue weighted by Gasteiger charge is -2.02. The summed E-state index contributed by atoms with van der Waals surface area (Å²) in [6, 6.07) is 4.02. The van der Waals surface area contributed by atoms with Crippen LogP contribution in [0.25, 0.3) is 22.1 Å². The summed E-state index contributed by atoms with van der Waals surface area (Å²) < 4.78 is 18.8. The van der Waals surface area contributed by atoms with Gasteiger partial charge in [0.05, 0.1) is 27.6 Å². The van der Waals surface area contributed by atoms with E-state index in [1.54, 1.807) is 4.80 Å². The van der Waals surface area contributed by atoms with Crippen LogP contribution >= 0.6 is 43.6 Å². The first-order valence-electron chi connectivity index (χ1n) is 7.46. The molecule has 0 spiro atoms. The Kier molecular flexibility index (Phi) is 4.71.